The molecule has 2 rings (SSSR count). The fourth-order valence-electron chi connectivity index (χ4n) is 2.60. The van der Waals surface area contributed by atoms with Gasteiger partial charge in [-0.2, -0.15) is 4.73 Å². The summed E-state index contributed by atoms with van der Waals surface area (Å²) < 4.78 is 0.806. The molecule has 110 valence electrons. The van der Waals surface area contributed by atoms with Crippen molar-refractivity contribution >= 4 is 17.7 Å². The lowest BCUT2D eigenvalue weighted by Gasteiger charge is -2.33. The number of hydrogen-bond donors (Lipinski definition) is 0. The Morgan fingerprint density at radius 2 is 2.10 bits per heavy atom. The molecule has 1 aromatic rings. The van der Waals surface area contributed by atoms with Crippen LogP contribution in [0.5, 0.6) is 0 Å². The Balaban J connectivity index is 1.84. The maximum atomic E-state index is 12.2. The van der Waals surface area contributed by atoms with Crippen LogP contribution in [-0.4, -0.2) is 29.6 Å². The Bertz CT molecular complexity index is 459. The van der Waals surface area contributed by atoms with Gasteiger partial charge in [-0.15, -0.1) is 0 Å². The van der Waals surface area contributed by atoms with Crippen LogP contribution in [0.4, 0.5) is 0 Å². The summed E-state index contributed by atoms with van der Waals surface area (Å²) in [6.45, 7) is 2.27. The quantitative estimate of drug-likeness (QED) is 0.487. The molecule has 0 spiro atoms. The molecule has 1 aliphatic rings. The molecule has 0 aliphatic heterocycles. The van der Waals surface area contributed by atoms with Crippen LogP contribution in [0.15, 0.2) is 29.4 Å². The Morgan fingerprint density at radius 1 is 1.40 bits per heavy atom. The summed E-state index contributed by atoms with van der Waals surface area (Å²) in [5.74, 6) is 1.22. The van der Waals surface area contributed by atoms with Gasteiger partial charge < -0.3 is 10.1 Å². The monoisotopic (exact) mass is 294 g/mol. The highest BCUT2D eigenvalue weighted by Gasteiger charge is 2.25. The van der Waals surface area contributed by atoms with Crippen molar-refractivity contribution in [2.75, 3.05) is 12.8 Å². The SMILES string of the molecule is CC1CCC(N(C)C(=O)CSc2cccc[n+]2[O-])CC1. The van der Waals surface area contributed by atoms with E-state index in [1.54, 1.807) is 12.1 Å². The van der Waals surface area contributed by atoms with Gasteiger partial charge in [0.2, 0.25) is 5.91 Å². The second-order valence-electron chi connectivity index (χ2n) is 5.57. The number of thioether (sulfide) groups is 1. The molecular weight excluding hydrogens is 272 g/mol. The van der Waals surface area contributed by atoms with E-state index in [2.05, 4.69) is 6.92 Å². The summed E-state index contributed by atoms with van der Waals surface area (Å²) in [5, 5.41) is 12.1. The highest BCUT2D eigenvalue weighted by Crippen LogP contribution is 2.27. The maximum absolute atomic E-state index is 12.2. The van der Waals surface area contributed by atoms with Gasteiger partial charge in [-0.25, -0.2) is 0 Å². The van der Waals surface area contributed by atoms with E-state index in [1.165, 1.54) is 30.8 Å². The molecule has 1 aliphatic carbocycles. The fourth-order valence-corrected chi connectivity index (χ4v) is 3.43. The predicted molar refractivity (Wildman–Crippen MR) is 80.3 cm³/mol. The molecule has 0 saturated heterocycles. The number of carbonyl (C=O) groups excluding carboxylic acids is 1. The van der Waals surface area contributed by atoms with Crippen LogP contribution in [0.2, 0.25) is 0 Å². The number of amides is 1. The molecule has 0 unspecified atom stereocenters. The third kappa shape index (κ3) is 3.88. The van der Waals surface area contributed by atoms with Gasteiger partial charge in [-0.3, -0.25) is 4.79 Å². The first-order chi connectivity index (χ1) is 9.58. The molecule has 1 aromatic heterocycles. The van der Waals surface area contributed by atoms with Crippen LogP contribution in [0.1, 0.15) is 32.6 Å². The van der Waals surface area contributed by atoms with E-state index in [0.717, 1.165) is 23.5 Å². The van der Waals surface area contributed by atoms with E-state index in [-0.39, 0.29) is 5.91 Å². The minimum Gasteiger partial charge on any atom is -0.618 e. The van der Waals surface area contributed by atoms with Crippen LogP contribution in [0.25, 0.3) is 0 Å². The van der Waals surface area contributed by atoms with Crippen LogP contribution >= 0.6 is 11.8 Å². The van der Waals surface area contributed by atoms with Crippen LogP contribution in [-0.2, 0) is 4.79 Å². The summed E-state index contributed by atoms with van der Waals surface area (Å²) >= 11 is 1.31. The van der Waals surface area contributed by atoms with Gasteiger partial charge in [-0.1, -0.05) is 6.92 Å². The summed E-state index contributed by atoms with van der Waals surface area (Å²) in [7, 11) is 1.89. The Labute approximate surface area is 124 Å². The summed E-state index contributed by atoms with van der Waals surface area (Å²) in [6, 6.07) is 5.61. The third-order valence-electron chi connectivity index (χ3n) is 4.06. The first-order valence-corrected chi connectivity index (χ1v) is 8.13. The van der Waals surface area contributed by atoms with Crippen LogP contribution < -0.4 is 4.73 Å². The smallest absolute Gasteiger partial charge is 0.251 e. The third-order valence-corrected chi connectivity index (χ3v) is 5.06. The Hall–Kier alpha value is -1.23. The molecule has 0 bridgehead atoms. The number of aromatic nitrogens is 1. The topological polar surface area (TPSA) is 47.2 Å². The molecule has 1 amide bonds. The van der Waals surface area contributed by atoms with E-state index >= 15 is 0 Å². The van der Waals surface area contributed by atoms with Crippen molar-refractivity contribution in [3.05, 3.63) is 29.6 Å². The molecular formula is C15H22N2O2S. The fraction of sp³-hybridized carbons (Fsp3) is 0.600. The van der Waals surface area contributed by atoms with E-state index in [4.69, 9.17) is 0 Å². The normalized spacial score (nSPS) is 22.5. The summed E-state index contributed by atoms with van der Waals surface area (Å²) in [4.78, 5) is 14.1. The van der Waals surface area contributed by atoms with E-state index in [9.17, 15) is 10.0 Å². The molecule has 1 heterocycles. The van der Waals surface area contributed by atoms with E-state index < -0.39 is 0 Å². The minimum absolute atomic E-state index is 0.110. The predicted octanol–water partition coefficient (Wildman–Crippen LogP) is 2.45. The van der Waals surface area contributed by atoms with Gasteiger partial charge in [0, 0.05) is 25.2 Å². The number of nitrogens with zero attached hydrogens (tertiary/aromatic N) is 2. The molecule has 5 heteroatoms. The van der Waals surface area contributed by atoms with Crippen molar-refractivity contribution in [3.63, 3.8) is 0 Å². The van der Waals surface area contributed by atoms with Gasteiger partial charge >= 0.3 is 0 Å². The molecule has 1 saturated carbocycles. The molecule has 0 radical (unpaired) electrons. The molecule has 0 aromatic carbocycles. The van der Waals surface area contributed by atoms with Crippen molar-refractivity contribution in [1.82, 2.24) is 4.90 Å². The van der Waals surface area contributed by atoms with Crippen molar-refractivity contribution < 1.29 is 9.52 Å². The van der Waals surface area contributed by atoms with Crippen molar-refractivity contribution in [2.24, 2.45) is 5.92 Å². The van der Waals surface area contributed by atoms with Gasteiger partial charge in [-0.05, 0) is 49.4 Å². The summed E-state index contributed by atoms with van der Waals surface area (Å²) in [5.41, 5.74) is 0. The van der Waals surface area contributed by atoms with Crippen molar-refractivity contribution in [3.8, 4) is 0 Å². The molecule has 4 nitrogen and oxygen atoms in total. The van der Waals surface area contributed by atoms with E-state index in [1.807, 2.05) is 18.0 Å². The average molecular weight is 294 g/mol. The second-order valence-corrected chi connectivity index (χ2v) is 6.57. The standard InChI is InChI=1S/C15H22N2O2S/c1-12-6-8-13(9-7-12)16(2)14(18)11-20-15-5-3-4-10-17(15)19/h3-5,10,12-13H,6-9,11H2,1-2H3. The number of pyridine rings is 1. The first-order valence-electron chi connectivity index (χ1n) is 7.14. The van der Waals surface area contributed by atoms with Gasteiger partial charge in [0.25, 0.3) is 5.03 Å². The highest BCUT2D eigenvalue weighted by molar-refractivity contribution is 7.99. The highest BCUT2D eigenvalue weighted by atomic mass is 32.2. The largest absolute Gasteiger partial charge is 0.618 e. The lowest BCUT2D eigenvalue weighted by Crippen LogP contribution is -2.40. The Kier molecular flexibility index (Phi) is 5.29. The van der Waals surface area contributed by atoms with Crippen LogP contribution in [0, 0.1) is 11.1 Å². The molecule has 0 atom stereocenters. The maximum Gasteiger partial charge on any atom is 0.251 e. The lowest BCUT2D eigenvalue weighted by atomic mass is 9.87. The summed E-state index contributed by atoms with van der Waals surface area (Å²) in [6.07, 6.45) is 6.06. The zero-order chi connectivity index (χ0) is 14.5. The molecule has 20 heavy (non-hydrogen) atoms. The Morgan fingerprint density at radius 3 is 2.75 bits per heavy atom. The minimum atomic E-state index is 0.110. The second kappa shape index (κ2) is 6.97. The average Bonchev–Trinajstić information content (AvgIpc) is 2.46. The van der Waals surface area contributed by atoms with Crippen molar-refractivity contribution in [2.45, 2.75) is 43.7 Å². The van der Waals surface area contributed by atoms with Gasteiger partial charge in [0.05, 0.1) is 5.75 Å². The molecule has 1 fully saturated rings. The number of rotatable bonds is 4. The zero-order valence-corrected chi connectivity index (χ0v) is 12.9. The van der Waals surface area contributed by atoms with Gasteiger partial charge in [0.15, 0.2) is 6.20 Å². The van der Waals surface area contributed by atoms with Crippen LogP contribution in [0.3, 0.4) is 0 Å². The number of carbonyl (C=O) groups is 1. The molecule has 0 N–H and O–H groups in total. The van der Waals surface area contributed by atoms with E-state index in [0.29, 0.717) is 16.8 Å². The van der Waals surface area contributed by atoms with Crippen molar-refractivity contribution in [1.29, 1.82) is 0 Å². The lowest BCUT2D eigenvalue weighted by molar-refractivity contribution is -0.645. The first kappa shape index (κ1) is 15.2. The van der Waals surface area contributed by atoms with Gasteiger partial charge in [0.1, 0.15) is 0 Å². The number of hydrogen-bond acceptors (Lipinski definition) is 3. The zero-order valence-electron chi connectivity index (χ0n) is 12.1.